The smallest absolute Gasteiger partial charge is 0.311 e. The maximum atomic E-state index is 14.5. The molecule has 0 saturated carbocycles. The predicted molar refractivity (Wildman–Crippen MR) is 213 cm³/mol. The normalized spacial score (nSPS) is 45.4. The second kappa shape index (κ2) is 20.3. The van der Waals surface area contributed by atoms with Crippen LogP contribution in [0.1, 0.15) is 109 Å². The van der Waals surface area contributed by atoms with Gasteiger partial charge in [-0.25, -0.2) is 0 Å². The topological polar surface area (TPSA) is 192 Å². The van der Waals surface area contributed by atoms with E-state index in [9.17, 15) is 29.7 Å². The van der Waals surface area contributed by atoms with Gasteiger partial charge in [-0.1, -0.05) is 20.8 Å². The van der Waals surface area contributed by atoms with Gasteiger partial charge in [0.1, 0.15) is 23.9 Å². The first-order chi connectivity index (χ1) is 26.7. The summed E-state index contributed by atoms with van der Waals surface area (Å²) in [6.45, 7) is 20.5. The summed E-state index contributed by atoms with van der Waals surface area (Å²) in [5, 5.41) is 35.9. The molecular weight excluding hydrogens is 756 g/mol. The first-order valence-corrected chi connectivity index (χ1v) is 20.9. The maximum absolute atomic E-state index is 14.5. The molecule has 3 fully saturated rings. The monoisotopic (exact) mass is 833 g/mol. The summed E-state index contributed by atoms with van der Waals surface area (Å²) in [4.78, 5) is 43.4. The lowest BCUT2D eigenvalue weighted by Crippen LogP contribution is -2.61. The van der Waals surface area contributed by atoms with Crippen LogP contribution in [0.5, 0.6) is 0 Å². The number of hydrogen-bond acceptors (Lipinski definition) is 16. The van der Waals surface area contributed by atoms with Gasteiger partial charge in [-0.2, -0.15) is 0 Å². The van der Waals surface area contributed by atoms with E-state index in [0.29, 0.717) is 13.0 Å². The van der Waals surface area contributed by atoms with Crippen LogP contribution in [-0.2, 0) is 52.3 Å². The summed E-state index contributed by atoms with van der Waals surface area (Å²) in [7, 11) is 7.11. The minimum atomic E-state index is -1.83. The zero-order valence-corrected chi connectivity index (χ0v) is 37.9. The molecule has 3 aliphatic rings. The van der Waals surface area contributed by atoms with Gasteiger partial charge < -0.3 is 58.1 Å². The molecule has 3 saturated heterocycles. The molecule has 16 nitrogen and oxygen atoms in total. The van der Waals surface area contributed by atoms with Crippen molar-refractivity contribution >= 4 is 17.9 Å². The summed E-state index contributed by atoms with van der Waals surface area (Å²) >= 11 is 0. The molecule has 4 unspecified atom stereocenters. The van der Waals surface area contributed by atoms with E-state index in [0.717, 1.165) is 0 Å². The van der Waals surface area contributed by atoms with E-state index in [4.69, 9.17) is 37.9 Å². The van der Waals surface area contributed by atoms with E-state index < -0.39 is 108 Å². The van der Waals surface area contributed by atoms with Gasteiger partial charge in [-0.15, -0.1) is 0 Å². The van der Waals surface area contributed by atoms with Crippen molar-refractivity contribution in [2.75, 3.05) is 34.8 Å². The highest BCUT2D eigenvalue weighted by Crippen LogP contribution is 2.40. The van der Waals surface area contributed by atoms with Gasteiger partial charge in [0.2, 0.25) is 0 Å². The summed E-state index contributed by atoms with van der Waals surface area (Å²) in [5.74, 6) is -3.93. The third kappa shape index (κ3) is 11.9. The molecule has 58 heavy (non-hydrogen) atoms. The fourth-order valence-corrected chi connectivity index (χ4v) is 9.42. The quantitative estimate of drug-likeness (QED) is 0.227. The molecule has 0 amide bonds. The van der Waals surface area contributed by atoms with Crippen molar-refractivity contribution < 1.29 is 67.6 Å². The van der Waals surface area contributed by atoms with Gasteiger partial charge >= 0.3 is 17.9 Å². The third-order valence-electron chi connectivity index (χ3n) is 12.7. The number of hydrogen-bond donors (Lipinski definition) is 3. The van der Waals surface area contributed by atoms with Crippen molar-refractivity contribution in [3.63, 3.8) is 0 Å². The SMILES string of the molecule is CC[C@H]1OC(=O)[C@H](C)[C@@H](O[C@H]2C[C@@](C)(OC)[C@@H](O)[C@H](C)O2)[C@H](C)[C@@H](OC2OC(C)CC(N(C)C)C2OC(C)=O)[C@](C)(O)C[C@@H](C)CN(C)[C@H](C)[C@@H](OC(C)=O)[C@]1(C)O. The van der Waals surface area contributed by atoms with Gasteiger partial charge in [-0.05, 0) is 94.8 Å². The molecule has 3 aliphatic heterocycles. The van der Waals surface area contributed by atoms with Crippen molar-refractivity contribution in [3.05, 3.63) is 0 Å². The molecule has 0 aliphatic carbocycles. The molecule has 16 heteroatoms. The fraction of sp³-hybridized carbons (Fsp3) is 0.929. The number of ether oxygens (including phenoxy) is 8. The lowest BCUT2D eigenvalue weighted by atomic mass is 9.77. The fourth-order valence-electron chi connectivity index (χ4n) is 9.42. The first-order valence-electron chi connectivity index (χ1n) is 20.9. The Bertz CT molecular complexity index is 1360. The van der Waals surface area contributed by atoms with Crippen LogP contribution in [0, 0.1) is 17.8 Å². The van der Waals surface area contributed by atoms with Crippen LogP contribution >= 0.6 is 0 Å². The number of cyclic esters (lactones) is 1. The Balaban J connectivity index is 2.26. The number of carbonyl (C=O) groups excluding carboxylic acids is 3. The van der Waals surface area contributed by atoms with Crippen LogP contribution in [0.2, 0.25) is 0 Å². The Morgan fingerprint density at radius 3 is 2.05 bits per heavy atom. The Morgan fingerprint density at radius 1 is 0.914 bits per heavy atom. The van der Waals surface area contributed by atoms with Crippen molar-refractivity contribution in [1.82, 2.24) is 9.80 Å². The largest absolute Gasteiger partial charge is 0.459 e. The standard InChI is InChI=1S/C42H76N2O14/c1-17-31-42(12,50)37(55-29(9)46)26(6)44(15)21-22(2)19-40(10,49)36(58-39-34(54-28(8)45)30(43(13)14)18-23(3)52-39)24(4)33(25(5)38(48)56-31)57-32-20-41(11,51-16)35(47)27(7)53-32/h22-27,30-37,39,47,49-50H,17-21H2,1-16H3/t22-,23?,24+,25-,26-,27+,30?,31-,32+,33+,34?,35+,36-,37-,39?,40-,41-,42-/m1/s1. The molecule has 0 spiro atoms. The first kappa shape index (κ1) is 50.4. The molecular formula is C42H76N2O14. The van der Waals surface area contributed by atoms with E-state index in [1.165, 1.54) is 27.9 Å². The number of nitrogens with zero attached hydrogens (tertiary/aromatic N) is 2. The van der Waals surface area contributed by atoms with Crippen LogP contribution in [-0.4, -0.2) is 168 Å². The molecule has 18 atom stereocenters. The highest BCUT2D eigenvalue weighted by atomic mass is 16.7. The molecule has 0 aromatic carbocycles. The molecule has 338 valence electrons. The third-order valence-corrected chi connectivity index (χ3v) is 12.7. The Labute approximate surface area is 346 Å². The predicted octanol–water partition coefficient (Wildman–Crippen LogP) is 3.04. The number of rotatable bonds is 9. The summed E-state index contributed by atoms with van der Waals surface area (Å²) in [5.41, 5.74) is -4.51. The van der Waals surface area contributed by atoms with Crippen LogP contribution in [0.25, 0.3) is 0 Å². The number of carbonyl (C=O) groups is 3. The van der Waals surface area contributed by atoms with E-state index in [2.05, 4.69) is 0 Å². The van der Waals surface area contributed by atoms with Crippen molar-refractivity contribution in [3.8, 4) is 0 Å². The molecule has 3 heterocycles. The lowest BCUT2D eigenvalue weighted by molar-refractivity contribution is -0.318. The molecule has 0 aromatic heterocycles. The minimum absolute atomic E-state index is 0.0990. The van der Waals surface area contributed by atoms with E-state index in [1.807, 2.05) is 58.6 Å². The minimum Gasteiger partial charge on any atom is -0.459 e. The van der Waals surface area contributed by atoms with Crippen LogP contribution in [0.4, 0.5) is 0 Å². The van der Waals surface area contributed by atoms with Crippen molar-refractivity contribution in [1.29, 1.82) is 0 Å². The second-order valence-electron chi connectivity index (χ2n) is 18.3. The number of aliphatic hydroxyl groups excluding tert-OH is 1. The van der Waals surface area contributed by atoms with Crippen molar-refractivity contribution in [2.45, 2.75) is 199 Å². The molecule has 3 N–H and O–H groups in total. The van der Waals surface area contributed by atoms with Gasteiger partial charge in [0.05, 0.1) is 47.6 Å². The summed E-state index contributed by atoms with van der Waals surface area (Å²) in [6.07, 6.45) is -8.35. The van der Waals surface area contributed by atoms with Crippen LogP contribution in [0.3, 0.4) is 0 Å². The number of likely N-dealkylation sites (N-methyl/N-ethyl adjacent to an activating group) is 2. The molecule has 0 bridgehead atoms. The molecule has 0 aromatic rings. The lowest BCUT2D eigenvalue weighted by Gasteiger charge is -2.49. The average Bonchev–Trinajstić information content (AvgIpc) is 3.11. The van der Waals surface area contributed by atoms with Gasteiger partial charge in [0.25, 0.3) is 0 Å². The van der Waals surface area contributed by atoms with Gasteiger partial charge in [0.15, 0.2) is 18.7 Å². The second-order valence-corrected chi connectivity index (χ2v) is 18.3. The van der Waals surface area contributed by atoms with Gasteiger partial charge in [0, 0.05) is 45.9 Å². The summed E-state index contributed by atoms with van der Waals surface area (Å²) in [6, 6.07) is -0.835. The van der Waals surface area contributed by atoms with Crippen molar-refractivity contribution in [2.24, 2.45) is 17.8 Å². The van der Waals surface area contributed by atoms with Crippen LogP contribution < -0.4 is 0 Å². The Morgan fingerprint density at radius 2 is 1.52 bits per heavy atom. The van der Waals surface area contributed by atoms with E-state index in [1.54, 1.807) is 34.6 Å². The summed E-state index contributed by atoms with van der Waals surface area (Å²) < 4.78 is 49.9. The Hall–Kier alpha value is -1.99. The van der Waals surface area contributed by atoms with E-state index >= 15 is 0 Å². The number of methoxy groups -OCH3 is 1. The van der Waals surface area contributed by atoms with E-state index in [-0.39, 0.29) is 37.3 Å². The van der Waals surface area contributed by atoms with Gasteiger partial charge in [-0.3, -0.25) is 19.3 Å². The zero-order valence-electron chi connectivity index (χ0n) is 37.9. The number of esters is 3. The van der Waals surface area contributed by atoms with Crippen LogP contribution in [0.15, 0.2) is 0 Å². The molecule has 0 radical (unpaired) electrons. The number of aliphatic hydroxyl groups is 3. The zero-order chi connectivity index (χ0) is 44.2. The highest BCUT2D eigenvalue weighted by molar-refractivity contribution is 5.73. The average molecular weight is 833 g/mol. The maximum Gasteiger partial charge on any atom is 0.311 e. The highest BCUT2D eigenvalue weighted by Gasteiger charge is 2.54. The molecule has 3 rings (SSSR count). The Kier molecular flexibility index (Phi) is 17.6.